The molecule has 0 unspecified atom stereocenters. The predicted molar refractivity (Wildman–Crippen MR) is 78.1 cm³/mol. The third-order valence-corrected chi connectivity index (χ3v) is 3.64. The lowest BCUT2D eigenvalue weighted by Crippen LogP contribution is -2.07. The lowest BCUT2D eigenvalue weighted by atomic mass is 10.1. The van der Waals surface area contributed by atoms with Crippen LogP contribution in [0.3, 0.4) is 0 Å². The van der Waals surface area contributed by atoms with E-state index < -0.39 is 5.97 Å². The largest absolute Gasteiger partial charge is 0.478 e. The zero-order valence-electron chi connectivity index (χ0n) is 11.6. The Morgan fingerprint density at radius 2 is 2.15 bits per heavy atom. The molecule has 0 aliphatic carbocycles. The molecule has 0 spiro atoms. The number of aryl methyl sites for hydroxylation is 1. The SMILES string of the molecule is Cc1c(CCN)c2cccc(C(=O)O)c2n1CCCO. The molecule has 1 heterocycles. The highest BCUT2D eigenvalue weighted by molar-refractivity contribution is 6.03. The number of aliphatic hydroxyl groups excluding tert-OH is 1. The molecule has 0 amide bonds. The molecule has 4 N–H and O–H groups in total. The van der Waals surface area contributed by atoms with Gasteiger partial charge in [0.2, 0.25) is 0 Å². The summed E-state index contributed by atoms with van der Waals surface area (Å²) in [6.07, 6.45) is 1.32. The van der Waals surface area contributed by atoms with E-state index >= 15 is 0 Å². The number of benzene rings is 1. The molecule has 0 atom stereocenters. The number of carbonyl (C=O) groups is 1. The van der Waals surface area contributed by atoms with Crippen LogP contribution in [0.15, 0.2) is 18.2 Å². The number of aliphatic hydroxyl groups is 1. The summed E-state index contributed by atoms with van der Waals surface area (Å²) in [6, 6.07) is 5.32. The van der Waals surface area contributed by atoms with Crippen LogP contribution in [0.2, 0.25) is 0 Å². The number of carboxylic acid groups (broad SMARTS) is 1. The minimum Gasteiger partial charge on any atom is -0.478 e. The zero-order valence-corrected chi connectivity index (χ0v) is 11.6. The average molecular weight is 276 g/mol. The van der Waals surface area contributed by atoms with Gasteiger partial charge >= 0.3 is 5.97 Å². The van der Waals surface area contributed by atoms with Crippen molar-refractivity contribution >= 4 is 16.9 Å². The molecule has 1 aromatic heterocycles. The third-order valence-electron chi connectivity index (χ3n) is 3.64. The maximum absolute atomic E-state index is 11.4. The molecule has 0 fully saturated rings. The fourth-order valence-electron chi connectivity index (χ4n) is 2.74. The number of nitrogens with two attached hydrogens (primary N) is 1. The van der Waals surface area contributed by atoms with Crippen LogP contribution in [0, 0.1) is 6.92 Å². The van der Waals surface area contributed by atoms with E-state index in [0.29, 0.717) is 25.1 Å². The van der Waals surface area contributed by atoms with Gasteiger partial charge in [-0.1, -0.05) is 12.1 Å². The number of carboxylic acids is 1. The number of nitrogens with zero attached hydrogens (tertiary/aromatic N) is 1. The first-order valence-electron chi connectivity index (χ1n) is 6.76. The van der Waals surface area contributed by atoms with Crippen LogP contribution in [0.1, 0.15) is 28.0 Å². The van der Waals surface area contributed by atoms with Gasteiger partial charge < -0.3 is 20.5 Å². The lowest BCUT2D eigenvalue weighted by molar-refractivity contribution is 0.0698. The highest BCUT2D eigenvalue weighted by Gasteiger charge is 2.18. The Bertz CT molecular complexity index is 632. The normalized spacial score (nSPS) is 11.2. The molecule has 1 aromatic carbocycles. The second-order valence-electron chi connectivity index (χ2n) is 4.84. The van der Waals surface area contributed by atoms with E-state index in [4.69, 9.17) is 10.8 Å². The van der Waals surface area contributed by atoms with Crippen molar-refractivity contribution in [2.45, 2.75) is 26.3 Å². The summed E-state index contributed by atoms with van der Waals surface area (Å²) in [5, 5.41) is 19.4. The van der Waals surface area contributed by atoms with Crippen LogP contribution in [0.25, 0.3) is 10.9 Å². The van der Waals surface area contributed by atoms with E-state index in [0.717, 1.165) is 28.6 Å². The summed E-state index contributed by atoms with van der Waals surface area (Å²) in [6.45, 7) is 3.19. The first-order chi connectivity index (χ1) is 9.61. The van der Waals surface area contributed by atoms with Crippen molar-refractivity contribution in [2.24, 2.45) is 5.73 Å². The minimum absolute atomic E-state index is 0.0839. The Balaban J connectivity index is 2.73. The van der Waals surface area contributed by atoms with E-state index in [2.05, 4.69) is 0 Å². The second kappa shape index (κ2) is 6.07. The van der Waals surface area contributed by atoms with Gasteiger partial charge in [-0.05, 0) is 37.9 Å². The van der Waals surface area contributed by atoms with Gasteiger partial charge in [-0.15, -0.1) is 0 Å². The molecule has 5 heteroatoms. The number of hydrogen-bond acceptors (Lipinski definition) is 3. The van der Waals surface area contributed by atoms with Crippen molar-refractivity contribution in [2.75, 3.05) is 13.2 Å². The number of hydrogen-bond donors (Lipinski definition) is 3. The van der Waals surface area contributed by atoms with Gasteiger partial charge in [0.15, 0.2) is 0 Å². The van der Waals surface area contributed by atoms with Gasteiger partial charge in [0.05, 0.1) is 11.1 Å². The summed E-state index contributed by atoms with van der Waals surface area (Å²) in [5.41, 5.74) is 8.83. The summed E-state index contributed by atoms with van der Waals surface area (Å²) >= 11 is 0. The van der Waals surface area contributed by atoms with Crippen LogP contribution in [-0.4, -0.2) is 33.9 Å². The quantitative estimate of drug-likeness (QED) is 0.746. The summed E-state index contributed by atoms with van der Waals surface area (Å²) in [4.78, 5) is 11.4. The second-order valence-corrected chi connectivity index (χ2v) is 4.84. The average Bonchev–Trinajstić information content (AvgIpc) is 2.70. The maximum atomic E-state index is 11.4. The van der Waals surface area contributed by atoms with Crippen LogP contribution in [-0.2, 0) is 13.0 Å². The fraction of sp³-hybridized carbons (Fsp3) is 0.400. The van der Waals surface area contributed by atoms with Gasteiger partial charge in [0.1, 0.15) is 0 Å². The first-order valence-corrected chi connectivity index (χ1v) is 6.76. The Morgan fingerprint density at radius 1 is 1.40 bits per heavy atom. The van der Waals surface area contributed by atoms with E-state index in [1.807, 2.05) is 17.6 Å². The number of rotatable bonds is 6. The molecule has 5 nitrogen and oxygen atoms in total. The van der Waals surface area contributed by atoms with Gasteiger partial charge in [-0.3, -0.25) is 0 Å². The molecule has 0 aliphatic rings. The number of fused-ring (bicyclic) bond motifs is 1. The third kappa shape index (κ3) is 2.42. The smallest absolute Gasteiger partial charge is 0.337 e. The topological polar surface area (TPSA) is 88.5 Å². The molecule has 0 radical (unpaired) electrons. The van der Waals surface area contributed by atoms with Crippen molar-refractivity contribution in [3.05, 3.63) is 35.0 Å². The van der Waals surface area contributed by atoms with Gasteiger partial charge in [-0.2, -0.15) is 0 Å². The molecule has 2 rings (SSSR count). The molecule has 0 saturated carbocycles. The highest BCUT2D eigenvalue weighted by Crippen LogP contribution is 2.29. The number of aromatic nitrogens is 1. The molecule has 2 aromatic rings. The van der Waals surface area contributed by atoms with Crippen LogP contribution < -0.4 is 5.73 Å². The standard InChI is InChI=1S/C15H20N2O3/c1-10-11(6-7-16)12-4-2-5-13(15(19)20)14(12)17(10)8-3-9-18/h2,4-5,18H,3,6-9,16H2,1H3,(H,19,20). The maximum Gasteiger partial charge on any atom is 0.337 e. The monoisotopic (exact) mass is 276 g/mol. The van der Waals surface area contributed by atoms with Crippen LogP contribution in [0.4, 0.5) is 0 Å². The van der Waals surface area contributed by atoms with E-state index in [1.165, 1.54) is 0 Å². The molecule has 0 saturated heterocycles. The zero-order chi connectivity index (χ0) is 14.7. The van der Waals surface area contributed by atoms with Crippen LogP contribution in [0.5, 0.6) is 0 Å². The van der Waals surface area contributed by atoms with E-state index in [-0.39, 0.29) is 6.61 Å². The van der Waals surface area contributed by atoms with Crippen molar-refractivity contribution in [1.29, 1.82) is 0 Å². The molecule has 0 bridgehead atoms. The fourth-order valence-corrected chi connectivity index (χ4v) is 2.74. The Hall–Kier alpha value is -1.85. The Labute approximate surface area is 117 Å². The minimum atomic E-state index is -0.933. The van der Waals surface area contributed by atoms with Crippen molar-refractivity contribution < 1.29 is 15.0 Å². The summed E-state index contributed by atoms with van der Waals surface area (Å²) in [5.74, 6) is -0.933. The lowest BCUT2D eigenvalue weighted by Gasteiger charge is -2.09. The number of para-hydroxylation sites is 1. The van der Waals surface area contributed by atoms with Crippen molar-refractivity contribution in [3.63, 3.8) is 0 Å². The summed E-state index contributed by atoms with van der Waals surface area (Å²) in [7, 11) is 0. The van der Waals surface area contributed by atoms with Crippen molar-refractivity contribution in [3.8, 4) is 0 Å². The first kappa shape index (κ1) is 14.6. The van der Waals surface area contributed by atoms with E-state index in [1.54, 1.807) is 12.1 Å². The van der Waals surface area contributed by atoms with E-state index in [9.17, 15) is 9.90 Å². The molecule has 108 valence electrons. The van der Waals surface area contributed by atoms with Gasteiger partial charge in [-0.25, -0.2) is 4.79 Å². The summed E-state index contributed by atoms with van der Waals surface area (Å²) < 4.78 is 1.99. The van der Waals surface area contributed by atoms with Gasteiger partial charge in [0.25, 0.3) is 0 Å². The van der Waals surface area contributed by atoms with Gasteiger partial charge in [0, 0.05) is 24.2 Å². The molecule has 20 heavy (non-hydrogen) atoms. The molecule has 0 aliphatic heterocycles. The Kier molecular flexibility index (Phi) is 4.42. The highest BCUT2D eigenvalue weighted by atomic mass is 16.4. The molecular formula is C15H20N2O3. The number of aromatic carboxylic acids is 1. The van der Waals surface area contributed by atoms with Crippen LogP contribution >= 0.6 is 0 Å². The Morgan fingerprint density at radius 3 is 2.75 bits per heavy atom. The predicted octanol–water partition coefficient (Wildman–Crippen LogP) is 1.53. The molecular weight excluding hydrogens is 256 g/mol. The van der Waals surface area contributed by atoms with Crippen molar-refractivity contribution in [1.82, 2.24) is 4.57 Å².